The quantitative estimate of drug-likeness (QED) is 0.356. The van der Waals surface area contributed by atoms with Gasteiger partial charge in [-0.25, -0.2) is 4.39 Å². The number of carbonyl (C=O) groups excluding carboxylic acids is 1. The lowest BCUT2D eigenvalue weighted by Crippen LogP contribution is -2.42. The maximum absolute atomic E-state index is 13.7. The number of aliphatic imine (C=N–C) groups is 1. The van der Waals surface area contributed by atoms with Gasteiger partial charge in [0.15, 0.2) is 5.96 Å². The SMILES string of the molecule is CN=C(NCC(=O)Nc1cccnc1)NC(C)c1ccc(C)c(F)c1.I. The Kier molecular flexibility index (Phi) is 8.97. The molecule has 1 amide bonds. The van der Waals surface area contributed by atoms with Crippen molar-refractivity contribution in [2.45, 2.75) is 19.9 Å². The van der Waals surface area contributed by atoms with Crippen LogP contribution >= 0.6 is 24.0 Å². The van der Waals surface area contributed by atoms with Crippen LogP contribution in [0.1, 0.15) is 24.1 Å². The molecule has 8 heteroatoms. The molecule has 0 bridgehead atoms. The Morgan fingerprint density at radius 2 is 2.12 bits per heavy atom. The van der Waals surface area contributed by atoms with E-state index in [1.165, 1.54) is 6.07 Å². The molecule has 140 valence electrons. The summed E-state index contributed by atoms with van der Waals surface area (Å²) in [6.07, 6.45) is 3.20. The summed E-state index contributed by atoms with van der Waals surface area (Å²) in [5.41, 5.74) is 2.03. The van der Waals surface area contributed by atoms with Gasteiger partial charge in [-0.3, -0.25) is 14.8 Å². The zero-order valence-corrected chi connectivity index (χ0v) is 17.2. The lowest BCUT2D eigenvalue weighted by molar-refractivity contribution is -0.115. The molecular weight excluding hydrogens is 448 g/mol. The molecule has 1 heterocycles. The summed E-state index contributed by atoms with van der Waals surface area (Å²) in [6.45, 7) is 3.66. The van der Waals surface area contributed by atoms with Crippen LogP contribution in [0.5, 0.6) is 0 Å². The van der Waals surface area contributed by atoms with Gasteiger partial charge in [-0.2, -0.15) is 0 Å². The summed E-state index contributed by atoms with van der Waals surface area (Å²) in [7, 11) is 1.61. The molecule has 1 unspecified atom stereocenters. The third kappa shape index (κ3) is 6.58. The number of nitrogens with zero attached hydrogens (tertiary/aromatic N) is 2. The van der Waals surface area contributed by atoms with Crippen LogP contribution in [0, 0.1) is 12.7 Å². The largest absolute Gasteiger partial charge is 0.350 e. The van der Waals surface area contributed by atoms with Crippen molar-refractivity contribution in [3.8, 4) is 0 Å². The molecular formula is C18H23FIN5O. The van der Waals surface area contributed by atoms with Crippen LogP contribution in [0.4, 0.5) is 10.1 Å². The molecule has 0 spiro atoms. The Bertz CT molecular complexity index is 755. The number of rotatable bonds is 5. The predicted octanol–water partition coefficient (Wildman–Crippen LogP) is 3.01. The average molecular weight is 471 g/mol. The van der Waals surface area contributed by atoms with Crippen molar-refractivity contribution < 1.29 is 9.18 Å². The maximum Gasteiger partial charge on any atom is 0.243 e. The van der Waals surface area contributed by atoms with E-state index in [4.69, 9.17) is 0 Å². The van der Waals surface area contributed by atoms with Gasteiger partial charge in [0.2, 0.25) is 5.91 Å². The van der Waals surface area contributed by atoms with Gasteiger partial charge in [0.1, 0.15) is 5.82 Å². The highest BCUT2D eigenvalue weighted by Crippen LogP contribution is 2.16. The smallest absolute Gasteiger partial charge is 0.243 e. The Hall–Kier alpha value is -2.23. The number of anilines is 1. The first-order valence-electron chi connectivity index (χ1n) is 7.92. The van der Waals surface area contributed by atoms with Crippen LogP contribution in [0.3, 0.4) is 0 Å². The zero-order chi connectivity index (χ0) is 18.2. The Balaban J connectivity index is 0.00000338. The molecule has 1 atom stereocenters. The minimum Gasteiger partial charge on any atom is -0.350 e. The van der Waals surface area contributed by atoms with E-state index < -0.39 is 0 Å². The molecule has 0 saturated carbocycles. The van der Waals surface area contributed by atoms with Crippen molar-refractivity contribution in [1.29, 1.82) is 0 Å². The fourth-order valence-electron chi connectivity index (χ4n) is 2.17. The van der Waals surface area contributed by atoms with Gasteiger partial charge in [-0.15, -0.1) is 24.0 Å². The first-order valence-corrected chi connectivity index (χ1v) is 7.92. The Morgan fingerprint density at radius 1 is 1.35 bits per heavy atom. The minimum atomic E-state index is -0.245. The number of nitrogens with one attached hydrogen (secondary N) is 3. The number of halogens is 2. The van der Waals surface area contributed by atoms with Gasteiger partial charge < -0.3 is 16.0 Å². The summed E-state index contributed by atoms with van der Waals surface area (Å²) in [5.74, 6) is -0.00949. The number of amides is 1. The number of hydrogen-bond acceptors (Lipinski definition) is 3. The van der Waals surface area contributed by atoms with Crippen molar-refractivity contribution in [3.05, 3.63) is 59.7 Å². The molecule has 0 aliphatic carbocycles. The number of benzene rings is 1. The highest BCUT2D eigenvalue weighted by atomic mass is 127. The van der Waals surface area contributed by atoms with Crippen LogP contribution in [0.15, 0.2) is 47.7 Å². The zero-order valence-electron chi connectivity index (χ0n) is 14.9. The van der Waals surface area contributed by atoms with Crippen molar-refractivity contribution in [1.82, 2.24) is 15.6 Å². The van der Waals surface area contributed by atoms with Gasteiger partial charge in [0.05, 0.1) is 24.5 Å². The standard InChI is InChI=1S/C18H22FN5O.HI/c1-12-6-7-14(9-16(12)19)13(2)23-18(20-3)22-11-17(25)24-15-5-4-8-21-10-15;/h4-10,13H,11H2,1-3H3,(H,24,25)(H2,20,22,23);1H. The lowest BCUT2D eigenvalue weighted by Gasteiger charge is -2.18. The van der Waals surface area contributed by atoms with E-state index in [0.717, 1.165) is 5.56 Å². The second kappa shape index (κ2) is 10.7. The number of aromatic nitrogens is 1. The molecule has 6 nitrogen and oxygen atoms in total. The number of aryl methyl sites for hydroxylation is 1. The second-order valence-electron chi connectivity index (χ2n) is 5.59. The van der Waals surface area contributed by atoms with E-state index in [-0.39, 0.29) is 48.3 Å². The normalized spacial score (nSPS) is 11.9. The summed E-state index contributed by atoms with van der Waals surface area (Å²) < 4.78 is 13.7. The van der Waals surface area contributed by atoms with Crippen LogP contribution in [0.2, 0.25) is 0 Å². The van der Waals surface area contributed by atoms with E-state index in [9.17, 15) is 9.18 Å². The summed E-state index contributed by atoms with van der Waals surface area (Å²) in [4.78, 5) is 20.0. The maximum atomic E-state index is 13.7. The second-order valence-corrected chi connectivity index (χ2v) is 5.59. The van der Waals surface area contributed by atoms with Gasteiger partial charge >= 0.3 is 0 Å². The third-order valence-electron chi connectivity index (χ3n) is 3.63. The highest BCUT2D eigenvalue weighted by molar-refractivity contribution is 14.0. The van der Waals surface area contributed by atoms with E-state index in [2.05, 4.69) is 25.9 Å². The summed E-state index contributed by atoms with van der Waals surface area (Å²) in [6, 6.07) is 8.43. The summed E-state index contributed by atoms with van der Waals surface area (Å²) >= 11 is 0. The van der Waals surface area contributed by atoms with Crippen LogP contribution in [-0.2, 0) is 4.79 Å². The molecule has 0 radical (unpaired) electrons. The molecule has 0 saturated heterocycles. The third-order valence-corrected chi connectivity index (χ3v) is 3.63. The molecule has 0 aliphatic rings. The number of hydrogen-bond donors (Lipinski definition) is 3. The Morgan fingerprint density at radius 3 is 2.73 bits per heavy atom. The number of carbonyl (C=O) groups is 1. The number of guanidine groups is 1. The van der Waals surface area contributed by atoms with Gasteiger partial charge in [0, 0.05) is 13.2 Å². The van der Waals surface area contributed by atoms with E-state index in [1.54, 1.807) is 44.6 Å². The molecule has 2 rings (SSSR count). The Labute approximate surface area is 169 Å². The van der Waals surface area contributed by atoms with E-state index in [0.29, 0.717) is 17.2 Å². The fourth-order valence-corrected chi connectivity index (χ4v) is 2.17. The van der Waals surface area contributed by atoms with Crippen molar-refractivity contribution in [3.63, 3.8) is 0 Å². The molecule has 1 aromatic carbocycles. The van der Waals surface area contributed by atoms with Crippen molar-refractivity contribution >= 4 is 41.5 Å². The lowest BCUT2D eigenvalue weighted by atomic mass is 10.1. The van der Waals surface area contributed by atoms with Gasteiger partial charge in [-0.05, 0) is 43.2 Å². The number of pyridine rings is 1. The monoisotopic (exact) mass is 471 g/mol. The van der Waals surface area contributed by atoms with Crippen LogP contribution in [0.25, 0.3) is 0 Å². The topological polar surface area (TPSA) is 78.4 Å². The fraction of sp³-hybridized carbons (Fsp3) is 0.278. The molecule has 0 fully saturated rings. The molecule has 0 aliphatic heterocycles. The molecule has 26 heavy (non-hydrogen) atoms. The molecule has 1 aromatic heterocycles. The average Bonchev–Trinajstić information content (AvgIpc) is 2.61. The first-order chi connectivity index (χ1) is 12.0. The van der Waals surface area contributed by atoms with Gasteiger partial charge in [0.25, 0.3) is 0 Å². The van der Waals surface area contributed by atoms with Crippen molar-refractivity contribution in [2.75, 3.05) is 18.9 Å². The highest BCUT2D eigenvalue weighted by Gasteiger charge is 2.11. The predicted molar refractivity (Wildman–Crippen MR) is 112 cm³/mol. The van der Waals surface area contributed by atoms with Crippen LogP contribution < -0.4 is 16.0 Å². The van der Waals surface area contributed by atoms with Crippen molar-refractivity contribution in [2.24, 2.45) is 4.99 Å². The first kappa shape index (κ1) is 21.8. The van der Waals surface area contributed by atoms with E-state index in [1.807, 2.05) is 13.0 Å². The summed E-state index contributed by atoms with van der Waals surface area (Å²) in [5, 5.41) is 8.78. The van der Waals surface area contributed by atoms with Gasteiger partial charge in [-0.1, -0.05) is 12.1 Å². The van der Waals surface area contributed by atoms with Crippen LogP contribution in [-0.4, -0.2) is 30.4 Å². The molecule has 3 N–H and O–H groups in total. The van der Waals surface area contributed by atoms with E-state index >= 15 is 0 Å². The minimum absolute atomic E-state index is 0. The molecule has 2 aromatic rings.